The summed E-state index contributed by atoms with van der Waals surface area (Å²) < 4.78 is 11.3. The first-order valence-corrected chi connectivity index (χ1v) is 7.12. The molecular weight excluding hydrogens is 238 g/mol. The molecule has 0 amide bonds. The van der Waals surface area contributed by atoms with Crippen molar-refractivity contribution in [2.45, 2.75) is 57.3 Å². The molecule has 1 aliphatic carbocycles. The van der Waals surface area contributed by atoms with Crippen molar-refractivity contribution in [3.8, 4) is 5.75 Å². The lowest BCUT2D eigenvalue weighted by molar-refractivity contribution is -0.0816. The zero-order valence-corrected chi connectivity index (χ0v) is 12.2. The Morgan fingerprint density at radius 2 is 1.84 bits per heavy atom. The molecular formula is C16H25NO2. The van der Waals surface area contributed by atoms with Gasteiger partial charge in [0, 0.05) is 13.2 Å². The van der Waals surface area contributed by atoms with Crippen molar-refractivity contribution in [1.82, 2.24) is 0 Å². The van der Waals surface area contributed by atoms with Gasteiger partial charge in [0.2, 0.25) is 0 Å². The fraction of sp³-hybridized carbons (Fsp3) is 0.625. The third-order valence-electron chi connectivity index (χ3n) is 3.97. The Kier molecular flexibility index (Phi) is 4.48. The number of methoxy groups -OCH3 is 1. The Bertz CT molecular complexity index is 390. The molecule has 1 aliphatic rings. The first kappa shape index (κ1) is 14.4. The molecule has 0 aliphatic heterocycles. The van der Waals surface area contributed by atoms with Crippen molar-refractivity contribution in [2.75, 3.05) is 7.11 Å². The van der Waals surface area contributed by atoms with Gasteiger partial charge in [0.15, 0.2) is 0 Å². The number of ether oxygens (including phenoxy) is 2. The van der Waals surface area contributed by atoms with Crippen LogP contribution in [0.15, 0.2) is 24.3 Å². The number of rotatable bonds is 6. The Morgan fingerprint density at radius 3 is 2.26 bits per heavy atom. The fourth-order valence-electron chi connectivity index (χ4n) is 2.65. The van der Waals surface area contributed by atoms with E-state index in [0.29, 0.717) is 0 Å². The zero-order chi connectivity index (χ0) is 13.9. The lowest BCUT2D eigenvalue weighted by Crippen LogP contribution is -2.41. The second-order valence-corrected chi connectivity index (χ2v) is 5.79. The van der Waals surface area contributed by atoms with Crippen LogP contribution in [0.3, 0.4) is 0 Å². The van der Waals surface area contributed by atoms with Crippen LogP contribution >= 0.6 is 0 Å². The minimum atomic E-state index is 0.0204. The molecule has 1 fully saturated rings. The van der Waals surface area contributed by atoms with Crippen molar-refractivity contribution in [2.24, 2.45) is 5.73 Å². The molecule has 0 spiro atoms. The lowest BCUT2D eigenvalue weighted by Gasteiger charge is -2.42. The van der Waals surface area contributed by atoms with Gasteiger partial charge < -0.3 is 15.2 Å². The maximum Gasteiger partial charge on any atom is 0.119 e. The Morgan fingerprint density at radius 1 is 1.21 bits per heavy atom. The molecule has 3 nitrogen and oxygen atoms in total. The van der Waals surface area contributed by atoms with Crippen LogP contribution in [0, 0.1) is 0 Å². The van der Waals surface area contributed by atoms with E-state index in [1.165, 1.54) is 6.42 Å². The normalized spacial score (nSPS) is 19.0. The molecule has 0 saturated heterocycles. The number of nitrogens with two attached hydrogens (primary N) is 1. The molecule has 1 aromatic rings. The van der Waals surface area contributed by atoms with E-state index in [2.05, 4.69) is 12.1 Å². The van der Waals surface area contributed by atoms with Crippen molar-refractivity contribution in [3.05, 3.63) is 29.8 Å². The average molecular weight is 263 g/mol. The van der Waals surface area contributed by atoms with E-state index < -0.39 is 0 Å². The summed E-state index contributed by atoms with van der Waals surface area (Å²) in [5.74, 6) is 0.899. The third kappa shape index (κ3) is 3.48. The van der Waals surface area contributed by atoms with Crippen LogP contribution in [-0.4, -0.2) is 18.8 Å². The van der Waals surface area contributed by atoms with Crippen LogP contribution in [0.25, 0.3) is 0 Å². The van der Waals surface area contributed by atoms with E-state index in [4.69, 9.17) is 15.2 Å². The summed E-state index contributed by atoms with van der Waals surface area (Å²) in [5, 5.41) is 0. The van der Waals surface area contributed by atoms with Crippen molar-refractivity contribution in [1.29, 1.82) is 0 Å². The smallest absolute Gasteiger partial charge is 0.119 e. The highest BCUT2D eigenvalue weighted by atomic mass is 16.5. The van der Waals surface area contributed by atoms with Gasteiger partial charge in [0.05, 0.1) is 11.7 Å². The summed E-state index contributed by atoms with van der Waals surface area (Å²) in [6.07, 6.45) is 4.61. The van der Waals surface area contributed by atoms with E-state index in [-0.39, 0.29) is 17.7 Å². The highest BCUT2D eigenvalue weighted by Crippen LogP contribution is 2.41. The van der Waals surface area contributed by atoms with Crippen LogP contribution in [0.5, 0.6) is 5.75 Å². The topological polar surface area (TPSA) is 44.5 Å². The summed E-state index contributed by atoms with van der Waals surface area (Å²) in [5.41, 5.74) is 7.47. The van der Waals surface area contributed by atoms with Crippen molar-refractivity contribution in [3.63, 3.8) is 0 Å². The molecule has 0 bridgehead atoms. The maximum atomic E-state index is 6.30. The minimum Gasteiger partial charge on any atom is -0.491 e. The van der Waals surface area contributed by atoms with Crippen LogP contribution in [0.1, 0.15) is 51.1 Å². The van der Waals surface area contributed by atoms with Gasteiger partial charge in [-0.1, -0.05) is 12.1 Å². The summed E-state index contributed by atoms with van der Waals surface area (Å²) in [6.45, 7) is 4.05. The predicted molar refractivity (Wildman–Crippen MR) is 77.3 cm³/mol. The lowest BCUT2D eigenvalue weighted by atomic mass is 9.75. The average Bonchev–Trinajstić information content (AvgIpc) is 2.34. The second kappa shape index (κ2) is 5.93. The molecule has 1 aromatic carbocycles. The van der Waals surface area contributed by atoms with E-state index in [0.717, 1.165) is 30.6 Å². The van der Waals surface area contributed by atoms with Gasteiger partial charge in [-0.3, -0.25) is 0 Å². The first-order chi connectivity index (χ1) is 9.04. The molecule has 19 heavy (non-hydrogen) atoms. The van der Waals surface area contributed by atoms with Gasteiger partial charge in [-0.2, -0.15) is 0 Å². The Balaban J connectivity index is 1.97. The van der Waals surface area contributed by atoms with E-state index in [1.54, 1.807) is 7.11 Å². The monoisotopic (exact) mass is 263 g/mol. The van der Waals surface area contributed by atoms with Crippen molar-refractivity contribution >= 4 is 0 Å². The molecule has 1 unspecified atom stereocenters. The summed E-state index contributed by atoms with van der Waals surface area (Å²) in [4.78, 5) is 0. The fourth-order valence-corrected chi connectivity index (χ4v) is 2.65. The first-order valence-electron chi connectivity index (χ1n) is 7.12. The van der Waals surface area contributed by atoms with E-state index >= 15 is 0 Å². The molecule has 0 heterocycles. The van der Waals surface area contributed by atoms with Gasteiger partial charge in [0.1, 0.15) is 5.75 Å². The summed E-state index contributed by atoms with van der Waals surface area (Å²) in [6, 6.07) is 8.15. The minimum absolute atomic E-state index is 0.0204. The molecule has 0 aromatic heterocycles. The number of hydrogen-bond acceptors (Lipinski definition) is 3. The molecule has 1 atom stereocenters. The van der Waals surface area contributed by atoms with E-state index in [9.17, 15) is 0 Å². The largest absolute Gasteiger partial charge is 0.491 e. The van der Waals surface area contributed by atoms with Crippen LogP contribution in [-0.2, 0) is 4.74 Å². The van der Waals surface area contributed by atoms with Gasteiger partial charge in [-0.05, 0) is 57.2 Å². The molecule has 106 valence electrons. The third-order valence-corrected chi connectivity index (χ3v) is 3.97. The van der Waals surface area contributed by atoms with Gasteiger partial charge in [0.25, 0.3) is 0 Å². The van der Waals surface area contributed by atoms with Gasteiger partial charge >= 0.3 is 0 Å². The van der Waals surface area contributed by atoms with Gasteiger partial charge in [-0.15, -0.1) is 0 Å². The quantitative estimate of drug-likeness (QED) is 0.855. The molecule has 3 heteroatoms. The van der Waals surface area contributed by atoms with E-state index in [1.807, 2.05) is 26.0 Å². The number of benzene rings is 1. The summed E-state index contributed by atoms with van der Waals surface area (Å²) >= 11 is 0. The Labute approximate surface area is 116 Å². The van der Waals surface area contributed by atoms with Gasteiger partial charge in [-0.25, -0.2) is 0 Å². The second-order valence-electron chi connectivity index (χ2n) is 5.79. The van der Waals surface area contributed by atoms with Crippen LogP contribution < -0.4 is 10.5 Å². The molecule has 2 N–H and O–H groups in total. The highest BCUT2D eigenvalue weighted by Gasteiger charge is 2.38. The molecule has 2 rings (SSSR count). The van der Waals surface area contributed by atoms with Crippen LogP contribution in [0.2, 0.25) is 0 Å². The SMILES string of the molecule is COC1(CC(N)c2ccc(OC(C)C)cc2)CCC1. The molecule has 0 radical (unpaired) electrons. The van der Waals surface area contributed by atoms with Crippen LogP contribution in [0.4, 0.5) is 0 Å². The molecule has 1 saturated carbocycles. The Hall–Kier alpha value is -1.06. The zero-order valence-electron chi connectivity index (χ0n) is 12.2. The summed E-state index contributed by atoms with van der Waals surface area (Å²) in [7, 11) is 1.80. The maximum absolute atomic E-state index is 6.30. The van der Waals surface area contributed by atoms with Crippen molar-refractivity contribution < 1.29 is 9.47 Å². The predicted octanol–water partition coefficient (Wildman–Crippen LogP) is 3.43. The standard InChI is InChI=1S/C16H25NO2/c1-12(2)19-14-7-5-13(6-8-14)15(17)11-16(18-3)9-4-10-16/h5-8,12,15H,4,9-11,17H2,1-3H3. The number of hydrogen-bond donors (Lipinski definition) is 1. The highest BCUT2D eigenvalue weighted by molar-refractivity contribution is 5.29.